The van der Waals surface area contributed by atoms with E-state index in [-0.39, 0.29) is 77.9 Å². The van der Waals surface area contributed by atoms with Crippen molar-refractivity contribution in [2.45, 2.75) is 0 Å². The molecule has 0 saturated carbocycles. The molecule has 0 fully saturated rings. The van der Waals surface area contributed by atoms with E-state index in [0.29, 0.717) is 0 Å². The minimum atomic E-state index is 0. The zero-order valence-electron chi connectivity index (χ0n) is 3.53. The van der Waals surface area contributed by atoms with Crippen molar-refractivity contribution in [3.63, 3.8) is 0 Å². The summed E-state index contributed by atoms with van der Waals surface area (Å²) >= 11 is 0. The minimum Gasteiger partial charge on any atom is -2.00 e. The largest absolute Gasteiger partial charge is 2.00 e. The fraction of sp³-hybridized carbons (Fsp3) is 0. The first kappa shape index (κ1) is 193. The van der Waals surface area contributed by atoms with Crippen LogP contribution in [0.3, 0.4) is 0 Å². The third-order valence-corrected chi connectivity index (χ3v) is 0. The van der Waals surface area contributed by atoms with E-state index >= 15 is 0 Å². The molecule has 4 nitrogen and oxygen atoms in total. The normalized spacial score (nSPS) is 0. The SMILES string of the molecule is [Li+].[O-2].[O-2].[O-2].[O-2].[V].[V]. The Bertz CT molecular complexity index is 9.65. The van der Waals surface area contributed by atoms with E-state index in [0.717, 1.165) is 0 Å². The van der Waals surface area contributed by atoms with Crippen LogP contribution in [-0.4, -0.2) is 0 Å². The van der Waals surface area contributed by atoms with Gasteiger partial charge in [0.2, 0.25) is 0 Å². The van der Waals surface area contributed by atoms with Crippen LogP contribution in [0.4, 0.5) is 0 Å². The molecule has 0 aromatic heterocycles. The molecule has 7 heavy (non-hydrogen) atoms. The fourth-order valence-electron chi connectivity index (χ4n) is 0. The molecule has 0 saturated heterocycles. The standard InChI is InChI=1S/Li.4O.2V/q+1;4*-2;;. The molecule has 0 unspecified atom stereocenters. The van der Waals surface area contributed by atoms with Gasteiger partial charge in [-0.25, -0.2) is 0 Å². The first-order valence-corrected chi connectivity index (χ1v) is 0. The van der Waals surface area contributed by atoms with Crippen LogP contribution < -0.4 is 18.9 Å². The van der Waals surface area contributed by atoms with Gasteiger partial charge in [0.1, 0.15) is 0 Å². The van der Waals surface area contributed by atoms with Gasteiger partial charge in [0, 0.05) is 37.1 Å². The summed E-state index contributed by atoms with van der Waals surface area (Å²) in [7, 11) is 0. The van der Waals surface area contributed by atoms with Crippen molar-refractivity contribution < 1.29 is 77.9 Å². The molecule has 0 spiro atoms. The first-order valence-electron chi connectivity index (χ1n) is 0. The van der Waals surface area contributed by atoms with Gasteiger partial charge in [-0.05, 0) is 0 Å². The topological polar surface area (TPSA) is 114 Å². The number of rotatable bonds is 0. The Morgan fingerprint density at radius 2 is 0.429 bits per heavy atom. The molecule has 0 aromatic rings. The summed E-state index contributed by atoms with van der Waals surface area (Å²) in [5.74, 6) is 0. The predicted octanol–water partition coefficient (Wildman–Crippen LogP) is -3.48. The Morgan fingerprint density at radius 3 is 0.429 bits per heavy atom. The second-order valence-electron chi connectivity index (χ2n) is 0. The molecule has 7 heteroatoms. The van der Waals surface area contributed by atoms with E-state index in [9.17, 15) is 0 Å². The van der Waals surface area contributed by atoms with Crippen molar-refractivity contribution in [1.29, 1.82) is 0 Å². The van der Waals surface area contributed by atoms with Gasteiger partial charge < -0.3 is 21.9 Å². The Kier molecular flexibility index (Phi) is 3550. The Hall–Kier alpha value is 1.61. The zero-order chi connectivity index (χ0) is 0. The van der Waals surface area contributed by atoms with Crippen LogP contribution in [-0.2, 0) is 59.0 Å². The van der Waals surface area contributed by atoms with Crippen LogP contribution in [0.15, 0.2) is 0 Å². The van der Waals surface area contributed by atoms with E-state index in [1.54, 1.807) is 0 Å². The van der Waals surface area contributed by atoms with Crippen molar-refractivity contribution in [3.8, 4) is 0 Å². The van der Waals surface area contributed by atoms with Gasteiger partial charge in [0.15, 0.2) is 0 Å². The van der Waals surface area contributed by atoms with Crippen molar-refractivity contribution in [3.05, 3.63) is 0 Å². The van der Waals surface area contributed by atoms with Crippen molar-refractivity contribution >= 4 is 0 Å². The van der Waals surface area contributed by atoms with Gasteiger partial charge in [0.05, 0.1) is 0 Å². The van der Waals surface area contributed by atoms with Gasteiger partial charge >= 0.3 is 18.9 Å². The second-order valence-corrected chi connectivity index (χ2v) is 0. The van der Waals surface area contributed by atoms with Crippen molar-refractivity contribution in [1.82, 2.24) is 0 Å². The maximum absolute atomic E-state index is 0. The van der Waals surface area contributed by atoms with Crippen LogP contribution in [0.25, 0.3) is 0 Å². The van der Waals surface area contributed by atoms with Crippen LogP contribution >= 0.6 is 0 Å². The maximum Gasteiger partial charge on any atom is 1.00 e. The zero-order valence-corrected chi connectivity index (χ0v) is 6.32. The summed E-state index contributed by atoms with van der Waals surface area (Å²) in [6.45, 7) is 0. The summed E-state index contributed by atoms with van der Waals surface area (Å²) < 4.78 is 0. The van der Waals surface area contributed by atoms with E-state index in [2.05, 4.69) is 0 Å². The van der Waals surface area contributed by atoms with Crippen LogP contribution in [0, 0.1) is 0 Å². The maximum atomic E-state index is 0. The number of hydrogen-bond acceptors (Lipinski definition) is 0. The van der Waals surface area contributed by atoms with Gasteiger partial charge in [-0.1, -0.05) is 0 Å². The smallest absolute Gasteiger partial charge is 1.00 e. The van der Waals surface area contributed by atoms with Crippen LogP contribution in [0.5, 0.6) is 0 Å². The molecule has 0 aliphatic rings. The van der Waals surface area contributed by atoms with Crippen molar-refractivity contribution in [2.24, 2.45) is 0 Å². The molecule has 0 rings (SSSR count). The average Bonchev–Trinajstić information content (AvgIpc) is 0. The summed E-state index contributed by atoms with van der Waals surface area (Å²) in [6, 6.07) is 0. The molecule has 0 aliphatic heterocycles. The third-order valence-electron chi connectivity index (χ3n) is 0. The molecule has 0 aromatic carbocycles. The van der Waals surface area contributed by atoms with E-state index in [1.807, 2.05) is 0 Å². The number of hydrogen-bond donors (Lipinski definition) is 0. The van der Waals surface area contributed by atoms with E-state index in [4.69, 9.17) is 0 Å². The molecule has 0 amide bonds. The molecule has 0 heterocycles. The molecule has 42 valence electrons. The van der Waals surface area contributed by atoms with Crippen molar-refractivity contribution in [2.75, 3.05) is 0 Å². The molecule has 0 N–H and O–H groups in total. The Labute approximate surface area is 77.6 Å². The van der Waals surface area contributed by atoms with Gasteiger partial charge in [-0.3, -0.25) is 0 Å². The predicted molar refractivity (Wildman–Crippen MR) is 2.75 cm³/mol. The minimum absolute atomic E-state index is 0. The fourth-order valence-corrected chi connectivity index (χ4v) is 0. The van der Waals surface area contributed by atoms with E-state index in [1.165, 1.54) is 0 Å². The Balaban J connectivity index is 0. The molecule has 0 aliphatic carbocycles. The third kappa shape index (κ3) is 92.7. The Morgan fingerprint density at radius 1 is 0.429 bits per heavy atom. The molecule has 2 radical (unpaired) electrons. The van der Waals surface area contributed by atoms with Crippen LogP contribution in [0.2, 0.25) is 0 Å². The van der Waals surface area contributed by atoms with Gasteiger partial charge in [-0.2, -0.15) is 0 Å². The molecular weight excluding hydrogens is 173 g/mol. The summed E-state index contributed by atoms with van der Waals surface area (Å²) in [4.78, 5) is 0. The summed E-state index contributed by atoms with van der Waals surface area (Å²) in [5, 5.41) is 0. The van der Waals surface area contributed by atoms with Gasteiger partial charge in [-0.15, -0.1) is 0 Å². The average molecular weight is 173 g/mol. The van der Waals surface area contributed by atoms with E-state index < -0.39 is 0 Å². The molecule has 0 atom stereocenters. The second kappa shape index (κ2) is 129. The van der Waals surface area contributed by atoms with Crippen LogP contribution in [0.1, 0.15) is 0 Å². The molecule has 0 bridgehead atoms. The first-order chi connectivity index (χ1) is 0. The summed E-state index contributed by atoms with van der Waals surface area (Å²) in [6.07, 6.45) is 0. The molecular formula is LiO4V2-7. The summed E-state index contributed by atoms with van der Waals surface area (Å²) in [5.41, 5.74) is 0. The quantitative estimate of drug-likeness (QED) is 0.338. The monoisotopic (exact) mass is 173 g/mol. The van der Waals surface area contributed by atoms with Gasteiger partial charge in [0.25, 0.3) is 0 Å².